The van der Waals surface area contributed by atoms with Crippen molar-refractivity contribution in [3.8, 4) is 0 Å². The van der Waals surface area contributed by atoms with Crippen molar-refractivity contribution >= 4 is 5.91 Å². The quantitative estimate of drug-likeness (QED) is 0.841. The molecule has 3 rings (SSSR count). The molecule has 0 N–H and O–H groups in total. The number of hydrogen-bond acceptors (Lipinski definition) is 2. The van der Waals surface area contributed by atoms with Gasteiger partial charge in [0, 0.05) is 32.6 Å². The summed E-state index contributed by atoms with van der Waals surface area (Å²) in [6.45, 7) is 5.33. The van der Waals surface area contributed by atoms with Crippen LogP contribution in [-0.2, 0) is 11.3 Å². The number of nitrogens with zero attached hydrogens (tertiary/aromatic N) is 2. The van der Waals surface area contributed by atoms with E-state index in [4.69, 9.17) is 0 Å². The summed E-state index contributed by atoms with van der Waals surface area (Å²) < 4.78 is 0. The Bertz CT molecular complexity index is 446. The van der Waals surface area contributed by atoms with Gasteiger partial charge in [0.25, 0.3) is 0 Å². The molecule has 3 heteroatoms. The van der Waals surface area contributed by atoms with Gasteiger partial charge < -0.3 is 4.90 Å². The second-order valence-electron chi connectivity index (χ2n) is 6.17. The molecule has 0 bridgehead atoms. The van der Waals surface area contributed by atoms with Crippen LogP contribution in [-0.4, -0.2) is 41.9 Å². The minimum atomic E-state index is 0.366. The van der Waals surface area contributed by atoms with Crippen molar-refractivity contribution in [2.24, 2.45) is 5.92 Å². The zero-order valence-electron chi connectivity index (χ0n) is 12.1. The van der Waals surface area contributed by atoms with E-state index in [1.54, 1.807) is 0 Å². The van der Waals surface area contributed by atoms with Crippen LogP contribution in [0.15, 0.2) is 30.3 Å². The molecule has 0 aliphatic carbocycles. The normalized spacial score (nSPS) is 24.3. The monoisotopic (exact) mass is 272 g/mol. The third kappa shape index (κ3) is 3.40. The Hall–Kier alpha value is -1.35. The van der Waals surface area contributed by atoms with Crippen LogP contribution >= 0.6 is 0 Å². The molecule has 1 aromatic carbocycles. The van der Waals surface area contributed by atoms with Gasteiger partial charge in [0.05, 0.1) is 0 Å². The van der Waals surface area contributed by atoms with Crippen LogP contribution in [0.2, 0.25) is 0 Å². The van der Waals surface area contributed by atoms with Gasteiger partial charge in [-0.15, -0.1) is 0 Å². The fourth-order valence-corrected chi connectivity index (χ4v) is 3.49. The Morgan fingerprint density at radius 3 is 2.70 bits per heavy atom. The molecular weight excluding hydrogens is 248 g/mol. The van der Waals surface area contributed by atoms with E-state index in [1.165, 1.54) is 24.9 Å². The number of carbonyl (C=O) groups is 1. The summed E-state index contributed by atoms with van der Waals surface area (Å²) in [5, 5.41) is 0. The van der Waals surface area contributed by atoms with Crippen molar-refractivity contribution in [1.29, 1.82) is 0 Å². The number of piperidine rings is 1. The van der Waals surface area contributed by atoms with Gasteiger partial charge in [-0.05, 0) is 37.3 Å². The standard InChI is InChI=1S/C17H24N2O/c20-17-9-5-11-19(17)14-16-8-4-10-18(13-16)12-15-6-2-1-3-7-15/h1-3,6-7,16H,4-5,8-14H2. The highest BCUT2D eigenvalue weighted by atomic mass is 16.2. The van der Waals surface area contributed by atoms with E-state index < -0.39 is 0 Å². The maximum atomic E-state index is 11.7. The molecule has 1 aromatic rings. The first kappa shape index (κ1) is 13.6. The highest BCUT2D eigenvalue weighted by molar-refractivity contribution is 5.78. The van der Waals surface area contributed by atoms with Gasteiger partial charge in [-0.25, -0.2) is 0 Å². The number of benzene rings is 1. The molecule has 2 aliphatic rings. The number of carbonyl (C=O) groups excluding carboxylic acids is 1. The van der Waals surface area contributed by atoms with Crippen LogP contribution < -0.4 is 0 Å². The average molecular weight is 272 g/mol. The predicted octanol–water partition coefficient (Wildman–Crippen LogP) is 2.52. The molecule has 1 unspecified atom stereocenters. The molecule has 0 saturated carbocycles. The molecule has 20 heavy (non-hydrogen) atoms. The summed E-state index contributed by atoms with van der Waals surface area (Å²) in [5.74, 6) is 1.03. The number of likely N-dealkylation sites (tertiary alicyclic amines) is 2. The lowest BCUT2D eigenvalue weighted by Crippen LogP contribution is -2.41. The Kier molecular flexibility index (Phi) is 4.36. The van der Waals surface area contributed by atoms with Crippen molar-refractivity contribution < 1.29 is 4.79 Å². The van der Waals surface area contributed by atoms with Crippen molar-refractivity contribution in [2.45, 2.75) is 32.2 Å². The maximum Gasteiger partial charge on any atom is 0.222 e. The van der Waals surface area contributed by atoms with Crippen LogP contribution in [0.3, 0.4) is 0 Å². The van der Waals surface area contributed by atoms with Crippen molar-refractivity contribution in [3.05, 3.63) is 35.9 Å². The van der Waals surface area contributed by atoms with Crippen molar-refractivity contribution in [1.82, 2.24) is 9.80 Å². The number of rotatable bonds is 4. The van der Waals surface area contributed by atoms with Crippen LogP contribution in [0.4, 0.5) is 0 Å². The van der Waals surface area contributed by atoms with Gasteiger partial charge in [-0.2, -0.15) is 0 Å². The van der Waals surface area contributed by atoms with E-state index >= 15 is 0 Å². The fraction of sp³-hybridized carbons (Fsp3) is 0.588. The lowest BCUT2D eigenvalue weighted by molar-refractivity contribution is -0.128. The topological polar surface area (TPSA) is 23.6 Å². The zero-order valence-corrected chi connectivity index (χ0v) is 12.1. The molecule has 3 nitrogen and oxygen atoms in total. The van der Waals surface area contributed by atoms with Gasteiger partial charge in [0.2, 0.25) is 5.91 Å². The summed E-state index contributed by atoms with van der Waals surface area (Å²) in [5.41, 5.74) is 1.39. The van der Waals surface area contributed by atoms with Crippen LogP contribution in [0, 0.1) is 5.92 Å². The first-order valence-electron chi connectivity index (χ1n) is 7.85. The number of hydrogen-bond donors (Lipinski definition) is 0. The summed E-state index contributed by atoms with van der Waals surface area (Å²) in [6, 6.07) is 10.7. The molecule has 2 aliphatic heterocycles. The van der Waals surface area contributed by atoms with E-state index in [2.05, 4.69) is 40.1 Å². The van der Waals surface area contributed by atoms with E-state index in [9.17, 15) is 4.79 Å². The SMILES string of the molecule is O=C1CCCN1CC1CCCN(Cc2ccccc2)C1. The van der Waals surface area contributed by atoms with E-state index in [0.717, 1.165) is 39.0 Å². The summed E-state index contributed by atoms with van der Waals surface area (Å²) >= 11 is 0. The predicted molar refractivity (Wildman–Crippen MR) is 80.3 cm³/mol. The molecule has 2 saturated heterocycles. The second-order valence-corrected chi connectivity index (χ2v) is 6.17. The van der Waals surface area contributed by atoms with Crippen molar-refractivity contribution in [3.63, 3.8) is 0 Å². The maximum absolute atomic E-state index is 11.7. The molecule has 1 amide bonds. The van der Waals surface area contributed by atoms with Crippen LogP contribution in [0.25, 0.3) is 0 Å². The molecule has 108 valence electrons. The fourth-order valence-electron chi connectivity index (χ4n) is 3.49. The molecular formula is C17H24N2O. The summed E-state index contributed by atoms with van der Waals surface area (Å²) in [6.07, 6.45) is 4.36. The Morgan fingerprint density at radius 2 is 1.95 bits per heavy atom. The molecule has 0 spiro atoms. The molecule has 2 heterocycles. The number of amides is 1. The van der Waals surface area contributed by atoms with E-state index in [-0.39, 0.29) is 0 Å². The van der Waals surface area contributed by atoms with Gasteiger partial charge in [-0.1, -0.05) is 30.3 Å². The highest BCUT2D eigenvalue weighted by Gasteiger charge is 2.26. The lowest BCUT2D eigenvalue weighted by atomic mass is 9.97. The third-order valence-corrected chi connectivity index (χ3v) is 4.50. The lowest BCUT2D eigenvalue weighted by Gasteiger charge is -2.34. The zero-order chi connectivity index (χ0) is 13.8. The first-order chi connectivity index (χ1) is 9.81. The smallest absolute Gasteiger partial charge is 0.222 e. The van der Waals surface area contributed by atoms with Gasteiger partial charge >= 0.3 is 0 Å². The van der Waals surface area contributed by atoms with Crippen LogP contribution in [0.1, 0.15) is 31.2 Å². The van der Waals surface area contributed by atoms with Crippen LogP contribution in [0.5, 0.6) is 0 Å². The largest absolute Gasteiger partial charge is 0.342 e. The third-order valence-electron chi connectivity index (χ3n) is 4.50. The van der Waals surface area contributed by atoms with E-state index in [1.807, 2.05) is 0 Å². The summed E-state index contributed by atoms with van der Waals surface area (Å²) in [4.78, 5) is 16.4. The Morgan fingerprint density at radius 1 is 1.10 bits per heavy atom. The minimum Gasteiger partial charge on any atom is -0.342 e. The highest BCUT2D eigenvalue weighted by Crippen LogP contribution is 2.21. The van der Waals surface area contributed by atoms with Gasteiger partial charge in [0.1, 0.15) is 0 Å². The van der Waals surface area contributed by atoms with Gasteiger partial charge in [-0.3, -0.25) is 9.69 Å². The summed E-state index contributed by atoms with van der Waals surface area (Å²) in [7, 11) is 0. The van der Waals surface area contributed by atoms with Gasteiger partial charge in [0.15, 0.2) is 0 Å². The molecule has 0 radical (unpaired) electrons. The van der Waals surface area contributed by atoms with Crippen molar-refractivity contribution in [2.75, 3.05) is 26.2 Å². The Balaban J connectivity index is 1.52. The Labute approximate surface area is 121 Å². The average Bonchev–Trinajstić information content (AvgIpc) is 2.86. The molecule has 0 aromatic heterocycles. The minimum absolute atomic E-state index is 0.366. The first-order valence-corrected chi connectivity index (χ1v) is 7.85. The molecule has 1 atom stereocenters. The second kappa shape index (κ2) is 6.40. The van der Waals surface area contributed by atoms with E-state index in [0.29, 0.717) is 11.8 Å². The molecule has 2 fully saturated rings.